The van der Waals surface area contributed by atoms with Gasteiger partial charge in [-0.25, -0.2) is 0 Å². The van der Waals surface area contributed by atoms with Gasteiger partial charge < -0.3 is 10.0 Å². The SMILES string of the molecule is CCCCCCCCCC(=O)N1CC(CO)C1. The summed E-state index contributed by atoms with van der Waals surface area (Å²) in [7, 11) is 0. The first kappa shape index (κ1) is 14.5. The number of carbonyl (C=O) groups is 1. The van der Waals surface area contributed by atoms with Crippen LogP contribution in [0, 0.1) is 5.92 Å². The normalized spacial score (nSPS) is 16.0. The number of nitrogens with zero attached hydrogens (tertiary/aromatic N) is 1. The van der Waals surface area contributed by atoms with Gasteiger partial charge in [0.15, 0.2) is 0 Å². The molecular formula is C14H27NO2. The van der Waals surface area contributed by atoms with E-state index in [0.717, 1.165) is 19.5 Å². The number of unbranched alkanes of at least 4 members (excludes halogenated alkanes) is 6. The number of rotatable bonds is 9. The lowest BCUT2D eigenvalue weighted by molar-refractivity contribution is -0.138. The number of aliphatic hydroxyl groups excluding tert-OH is 1. The molecule has 1 fully saturated rings. The van der Waals surface area contributed by atoms with Crippen molar-refractivity contribution in [2.24, 2.45) is 5.92 Å². The van der Waals surface area contributed by atoms with Crippen LogP contribution in [0.25, 0.3) is 0 Å². The first-order chi connectivity index (χ1) is 8.27. The zero-order valence-electron chi connectivity index (χ0n) is 11.2. The number of likely N-dealkylation sites (tertiary alicyclic amines) is 1. The Bertz CT molecular complexity index is 212. The summed E-state index contributed by atoms with van der Waals surface area (Å²) >= 11 is 0. The number of hydrogen-bond acceptors (Lipinski definition) is 2. The van der Waals surface area contributed by atoms with E-state index in [1.165, 1.54) is 38.5 Å². The molecule has 17 heavy (non-hydrogen) atoms. The number of amides is 1. The van der Waals surface area contributed by atoms with E-state index in [-0.39, 0.29) is 12.5 Å². The highest BCUT2D eigenvalue weighted by molar-refractivity contribution is 5.76. The van der Waals surface area contributed by atoms with Gasteiger partial charge in [-0.05, 0) is 6.42 Å². The van der Waals surface area contributed by atoms with Crippen LogP contribution < -0.4 is 0 Å². The molecule has 0 bridgehead atoms. The molecule has 1 heterocycles. The van der Waals surface area contributed by atoms with Crippen molar-refractivity contribution in [2.45, 2.75) is 58.3 Å². The molecule has 0 aromatic heterocycles. The average Bonchev–Trinajstić information content (AvgIpc) is 2.26. The minimum absolute atomic E-state index is 0.223. The molecule has 100 valence electrons. The van der Waals surface area contributed by atoms with Crippen molar-refractivity contribution < 1.29 is 9.90 Å². The van der Waals surface area contributed by atoms with E-state index in [9.17, 15) is 4.79 Å². The standard InChI is InChI=1S/C14H27NO2/c1-2-3-4-5-6-7-8-9-14(17)15-10-13(11-15)12-16/h13,16H,2-12H2,1H3. The second-order valence-electron chi connectivity index (χ2n) is 5.22. The summed E-state index contributed by atoms with van der Waals surface area (Å²) in [6, 6.07) is 0. The molecule has 0 unspecified atom stereocenters. The van der Waals surface area contributed by atoms with E-state index in [1.807, 2.05) is 4.90 Å². The van der Waals surface area contributed by atoms with Crippen molar-refractivity contribution in [1.29, 1.82) is 0 Å². The summed E-state index contributed by atoms with van der Waals surface area (Å²) in [4.78, 5) is 13.5. The van der Waals surface area contributed by atoms with Gasteiger partial charge in [0, 0.05) is 32.0 Å². The molecule has 1 aliphatic heterocycles. The minimum Gasteiger partial charge on any atom is -0.396 e. The third-order valence-electron chi connectivity index (χ3n) is 3.56. The monoisotopic (exact) mass is 241 g/mol. The summed E-state index contributed by atoms with van der Waals surface area (Å²) in [6.07, 6.45) is 9.48. The molecule has 1 aliphatic rings. The Kier molecular flexibility index (Phi) is 7.25. The van der Waals surface area contributed by atoms with E-state index in [2.05, 4.69) is 6.92 Å². The van der Waals surface area contributed by atoms with Gasteiger partial charge in [0.2, 0.25) is 5.91 Å². The molecule has 0 atom stereocenters. The Morgan fingerprint density at radius 3 is 2.29 bits per heavy atom. The summed E-state index contributed by atoms with van der Waals surface area (Å²) in [5.74, 6) is 0.622. The van der Waals surface area contributed by atoms with Crippen LogP contribution >= 0.6 is 0 Å². The smallest absolute Gasteiger partial charge is 0.222 e. The van der Waals surface area contributed by atoms with E-state index < -0.39 is 0 Å². The minimum atomic E-state index is 0.223. The highest BCUT2D eigenvalue weighted by atomic mass is 16.3. The third kappa shape index (κ3) is 5.53. The first-order valence-electron chi connectivity index (χ1n) is 7.16. The molecule has 3 heteroatoms. The van der Waals surface area contributed by atoms with Crippen LogP contribution in [-0.4, -0.2) is 35.6 Å². The van der Waals surface area contributed by atoms with Crippen molar-refractivity contribution in [3.05, 3.63) is 0 Å². The quantitative estimate of drug-likeness (QED) is 0.630. The molecule has 0 spiro atoms. The van der Waals surface area contributed by atoms with Crippen LogP contribution in [0.5, 0.6) is 0 Å². The van der Waals surface area contributed by atoms with Gasteiger partial charge >= 0.3 is 0 Å². The molecule has 1 amide bonds. The van der Waals surface area contributed by atoms with Crippen molar-refractivity contribution in [2.75, 3.05) is 19.7 Å². The fraction of sp³-hybridized carbons (Fsp3) is 0.929. The molecule has 1 saturated heterocycles. The molecule has 1 N–H and O–H groups in total. The second kappa shape index (κ2) is 8.51. The molecule has 3 nitrogen and oxygen atoms in total. The van der Waals surface area contributed by atoms with Gasteiger partial charge in [-0.1, -0.05) is 45.4 Å². The van der Waals surface area contributed by atoms with Gasteiger partial charge in [-0.2, -0.15) is 0 Å². The fourth-order valence-electron chi connectivity index (χ4n) is 2.28. The molecule has 0 aliphatic carbocycles. The number of carbonyl (C=O) groups excluding carboxylic acids is 1. The molecule has 0 aromatic carbocycles. The Balaban J connectivity index is 1.88. The first-order valence-corrected chi connectivity index (χ1v) is 7.16. The van der Waals surface area contributed by atoms with Crippen LogP contribution in [0.1, 0.15) is 58.3 Å². The lowest BCUT2D eigenvalue weighted by Gasteiger charge is -2.38. The van der Waals surface area contributed by atoms with Gasteiger partial charge in [0.05, 0.1) is 0 Å². The van der Waals surface area contributed by atoms with E-state index >= 15 is 0 Å². The van der Waals surface area contributed by atoms with Crippen molar-refractivity contribution in [3.63, 3.8) is 0 Å². The molecular weight excluding hydrogens is 214 g/mol. The largest absolute Gasteiger partial charge is 0.396 e. The molecule has 1 rings (SSSR count). The lowest BCUT2D eigenvalue weighted by Crippen LogP contribution is -2.51. The molecule has 0 radical (unpaired) electrons. The zero-order chi connectivity index (χ0) is 12.5. The topological polar surface area (TPSA) is 40.5 Å². The Morgan fingerprint density at radius 2 is 1.71 bits per heavy atom. The maximum atomic E-state index is 11.7. The van der Waals surface area contributed by atoms with Crippen LogP contribution in [-0.2, 0) is 4.79 Å². The summed E-state index contributed by atoms with van der Waals surface area (Å²) in [6.45, 7) is 3.99. The molecule has 0 saturated carbocycles. The zero-order valence-corrected chi connectivity index (χ0v) is 11.2. The maximum Gasteiger partial charge on any atom is 0.222 e. The van der Waals surface area contributed by atoms with Gasteiger partial charge in [0.25, 0.3) is 0 Å². The van der Waals surface area contributed by atoms with Gasteiger partial charge in [0.1, 0.15) is 0 Å². The molecule has 0 aromatic rings. The van der Waals surface area contributed by atoms with E-state index in [4.69, 9.17) is 5.11 Å². The van der Waals surface area contributed by atoms with Crippen molar-refractivity contribution in [3.8, 4) is 0 Å². The highest BCUT2D eigenvalue weighted by Gasteiger charge is 2.28. The van der Waals surface area contributed by atoms with Gasteiger partial charge in [-0.3, -0.25) is 4.79 Å². The lowest BCUT2D eigenvalue weighted by atomic mass is 10.00. The van der Waals surface area contributed by atoms with E-state index in [1.54, 1.807) is 0 Å². The predicted octanol–water partition coefficient (Wildman–Crippen LogP) is 2.58. The average molecular weight is 241 g/mol. The van der Waals surface area contributed by atoms with E-state index in [0.29, 0.717) is 12.3 Å². The summed E-state index contributed by atoms with van der Waals surface area (Å²) in [5.41, 5.74) is 0. The Hall–Kier alpha value is -0.570. The fourth-order valence-corrected chi connectivity index (χ4v) is 2.28. The highest BCUT2D eigenvalue weighted by Crippen LogP contribution is 2.17. The van der Waals surface area contributed by atoms with Crippen molar-refractivity contribution in [1.82, 2.24) is 4.90 Å². The number of hydrogen-bond donors (Lipinski definition) is 1. The summed E-state index contributed by atoms with van der Waals surface area (Å²) in [5, 5.41) is 8.86. The third-order valence-corrected chi connectivity index (χ3v) is 3.56. The van der Waals surface area contributed by atoms with Crippen LogP contribution in [0.4, 0.5) is 0 Å². The Labute approximate surface area is 105 Å². The maximum absolute atomic E-state index is 11.7. The number of aliphatic hydroxyl groups is 1. The second-order valence-corrected chi connectivity index (χ2v) is 5.22. The van der Waals surface area contributed by atoms with Crippen molar-refractivity contribution >= 4 is 5.91 Å². The van der Waals surface area contributed by atoms with Crippen LogP contribution in [0.2, 0.25) is 0 Å². The van der Waals surface area contributed by atoms with Crippen LogP contribution in [0.15, 0.2) is 0 Å². The Morgan fingerprint density at radius 1 is 1.12 bits per heavy atom. The predicted molar refractivity (Wildman–Crippen MR) is 69.8 cm³/mol. The van der Waals surface area contributed by atoms with Crippen LogP contribution in [0.3, 0.4) is 0 Å². The summed E-state index contributed by atoms with van der Waals surface area (Å²) < 4.78 is 0. The van der Waals surface area contributed by atoms with Gasteiger partial charge in [-0.15, -0.1) is 0 Å².